The van der Waals surface area contributed by atoms with Gasteiger partial charge in [0.05, 0.1) is 12.4 Å². The van der Waals surface area contributed by atoms with Crippen LogP contribution >= 0.6 is 11.3 Å². The lowest BCUT2D eigenvalue weighted by atomic mass is 10.0. The molecule has 0 spiro atoms. The van der Waals surface area contributed by atoms with Crippen molar-refractivity contribution in [3.05, 3.63) is 46.1 Å². The minimum absolute atomic E-state index is 0.0780. The van der Waals surface area contributed by atoms with E-state index in [2.05, 4.69) is 15.2 Å². The molecule has 0 atom stereocenters. The van der Waals surface area contributed by atoms with Crippen molar-refractivity contribution in [2.75, 3.05) is 13.1 Å². The van der Waals surface area contributed by atoms with Gasteiger partial charge >= 0.3 is 0 Å². The van der Waals surface area contributed by atoms with Crippen LogP contribution in [0.4, 0.5) is 0 Å². The van der Waals surface area contributed by atoms with Crippen LogP contribution in [0.2, 0.25) is 0 Å². The number of hydrogen-bond donors (Lipinski definition) is 1. The summed E-state index contributed by atoms with van der Waals surface area (Å²) in [5, 5.41) is 20.2. The molecule has 0 saturated heterocycles. The van der Waals surface area contributed by atoms with E-state index in [0.717, 1.165) is 0 Å². The smallest absolute Gasteiger partial charge is 0.266 e. The zero-order valence-corrected chi connectivity index (χ0v) is 16.7. The molecule has 0 aliphatic heterocycles. The second kappa shape index (κ2) is 7.61. The third-order valence-electron chi connectivity index (χ3n) is 4.16. The van der Waals surface area contributed by atoms with Gasteiger partial charge in [0.1, 0.15) is 27.6 Å². The van der Waals surface area contributed by atoms with E-state index in [0.29, 0.717) is 47.4 Å². The number of carbonyl (C=O) groups excluding carboxylic acids is 1. The summed E-state index contributed by atoms with van der Waals surface area (Å²) in [5.41, 5.74) is 0.135. The SMILES string of the molecule is CCN(CCc1nc(C(C)(C)O)c(C)o1)C(=O)c1sccc1-n1nccn1. The Kier molecular flexibility index (Phi) is 5.43. The average molecular weight is 389 g/mol. The molecule has 0 aliphatic carbocycles. The molecule has 8 nitrogen and oxygen atoms in total. The maximum absolute atomic E-state index is 13.0. The van der Waals surface area contributed by atoms with Crippen molar-refractivity contribution in [3.8, 4) is 5.69 Å². The Bertz CT molecular complexity index is 908. The quantitative estimate of drug-likeness (QED) is 0.667. The Hall–Kier alpha value is -2.52. The molecule has 0 radical (unpaired) electrons. The molecular formula is C18H23N5O3S. The van der Waals surface area contributed by atoms with E-state index in [4.69, 9.17) is 4.42 Å². The molecule has 9 heteroatoms. The summed E-state index contributed by atoms with van der Waals surface area (Å²) in [6.07, 6.45) is 3.63. The van der Waals surface area contributed by atoms with Crippen LogP contribution in [0, 0.1) is 6.92 Å². The number of carbonyl (C=O) groups is 1. The number of aromatic nitrogens is 4. The molecule has 0 aromatic carbocycles. The minimum Gasteiger partial charge on any atom is -0.446 e. The van der Waals surface area contributed by atoms with Gasteiger partial charge in [-0.05, 0) is 39.1 Å². The lowest BCUT2D eigenvalue weighted by molar-refractivity contribution is 0.0725. The molecule has 3 heterocycles. The summed E-state index contributed by atoms with van der Waals surface area (Å²) in [6.45, 7) is 8.07. The summed E-state index contributed by atoms with van der Waals surface area (Å²) in [6, 6.07) is 1.83. The van der Waals surface area contributed by atoms with Gasteiger partial charge in [-0.3, -0.25) is 4.79 Å². The van der Waals surface area contributed by atoms with Gasteiger partial charge in [0.25, 0.3) is 5.91 Å². The lowest BCUT2D eigenvalue weighted by Crippen LogP contribution is -2.33. The average Bonchev–Trinajstić information content (AvgIpc) is 3.34. The lowest BCUT2D eigenvalue weighted by Gasteiger charge is -2.20. The van der Waals surface area contributed by atoms with Crippen LogP contribution in [0.25, 0.3) is 5.69 Å². The second-order valence-corrected chi connectivity index (χ2v) is 7.58. The first-order valence-corrected chi connectivity index (χ1v) is 9.61. The van der Waals surface area contributed by atoms with Gasteiger partial charge in [0.15, 0.2) is 5.89 Å². The van der Waals surface area contributed by atoms with E-state index in [1.54, 1.807) is 38.1 Å². The third-order valence-corrected chi connectivity index (χ3v) is 5.05. The first-order chi connectivity index (χ1) is 12.8. The van der Waals surface area contributed by atoms with Crippen molar-refractivity contribution in [1.29, 1.82) is 0 Å². The van der Waals surface area contributed by atoms with Crippen molar-refractivity contribution in [2.24, 2.45) is 0 Å². The fourth-order valence-electron chi connectivity index (χ4n) is 2.86. The second-order valence-electron chi connectivity index (χ2n) is 6.66. The topological polar surface area (TPSA) is 97.3 Å². The van der Waals surface area contributed by atoms with Crippen molar-refractivity contribution < 1.29 is 14.3 Å². The van der Waals surface area contributed by atoms with Crippen LogP contribution in [-0.4, -0.2) is 49.0 Å². The van der Waals surface area contributed by atoms with Crippen molar-refractivity contribution >= 4 is 17.2 Å². The summed E-state index contributed by atoms with van der Waals surface area (Å²) in [4.78, 5) is 21.2. The molecule has 0 bridgehead atoms. The number of aliphatic hydroxyl groups is 1. The summed E-state index contributed by atoms with van der Waals surface area (Å²) in [7, 11) is 0. The van der Waals surface area contributed by atoms with Gasteiger partial charge in [-0.1, -0.05) is 0 Å². The number of likely N-dealkylation sites (N-methyl/N-ethyl adjacent to an activating group) is 1. The molecule has 3 aromatic rings. The van der Waals surface area contributed by atoms with Gasteiger partial charge < -0.3 is 14.4 Å². The fraction of sp³-hybridized carbons (Fsp3) is 0.444. The zero-order valence-electron chi connectivity index (χ0n) is 15.8. The van der Waals surface area contributed by atoms with Crippen LogP contribution < -0.4 is 0 Å². The number of aryl methyl sites for hydroxylation is 1. The predicted molar refractivity (Wildman–Crippen MR) is 101 cm³/mol. The zero-order chi connectivity index (χ0) is 19.6. The highest BCUT2D eigenvalue weighted by molar-refractivity contribution is 7.12. The molecule has 3 aromatic heterocycles. The highest BCUT2D eigenvalue weighted by atomic mass is 32.1. The molecule has 144 valence electrons. The number of nitrogens with zero attached hydrogens (tertiary/aromatic N) is 5. The van der Waals surface area contributed by atoms with E-state index in [1.165, 1.54) is 16.1 Å². The Morgan fingerprint density at radius 3 is 2.67 bits per heavy atom. The van der Waals surface area contributed by atoms with Crippen LogP contribution in [0.5, 0.6) is 0 Å². The Labute approximate surface area is 161 Å². The van der Waals surface area contributed by atoms with E-state index >= 15 is 0 Å². The van der Waals surface area contributed by atoms with Gasteiger partial charge in [0, 0.05) is 19.5 Å². The molecule has 0 unspecified atom stereocenters. The number of hydrogen-bond acceptors (Lipinski definition) is 7. The molecular weight excluding hydrogens is 366 g/mol. The van der Waals surface area contributed by atoms with Crippen LogP contribution in [0.15, 0.2) is 28.3 Å². The highest BCUT2D eigenvalue weighted by Crippen LogP contribution is 2.24. The number of rotatable bonds is 7. The molecule has 1 amide bonds. The Morgan fingerprint density at radius 1 is 1.37 bits per heavy atom. The largest absolute Gasteiger partial charge is 0.446 e. The van der Waals surface area contributed by atoms with Crippen LogP contribution in [-0.2, 0) is 12.0 Å². The van der Waals surface area contributed by atoms with Gasteiger partial charge in [0.2, 0.25) is 0 Å². The van der Waals surface area contributed by atoms with Crippen molar-refractivity contribution in [1.82, 2.24) is 24.9 Å². The Morgan fingerprint density at radius 2 is 2.07 bits per heavy atom. The summed E-state index contributed by atoms with van der Waals surface area (Å²) < 4.78 is 5.66. The summed E-state index contributed by atoms with van der Waals surface area (Å²) >= 11 is 1.37. The normalized spacial score (nSPS) is 11.7. The van der Waals surface area contributed by atoms with Crippen molar-refractivity contribution in [3.63, 3.8) is 0 Å². The van der Waals surface area contributed by atoms with E-state index in [-0.39, 0.29) is 5.91 Å². The molecule has 0 aliphatic rings. The monoisotopic (exact) mass is 389 g/mol. The maximum Gasteiger partial charge on any atom is 0.266 e. The fourth-order valence-corrected chi connectivity index (χ4v) is 3.70. The van der Waals surface area contributed by atoms with Crippen LogP contribution in [0.1, 0.15) is 47.8 Å². The highest BCUT2D eigenvalue weighted by Gasteiger charge is 2.25. The summed E-state index contributed by atoms with van der Waals surface area (Å²) in [5.74, 6) is 1.03. The molecule has 27 heavy (non-hydrogen) atoms. The molecule has 1 N–H and O–H groups in total. The first kappa shape index (κ1) is 19.2. The first-order valence-electron chi connectivity index (χ1n) is 8.74. The van der Waals surface area contributed by atoms with Crippen molar-refractivity contribution in [2.45, 2.75) is 39.7 Å². The van der Waals surface area contributed by atoms with Gasteiger partial charge in [-0.2, -0.15) is 10.2 Å². The number of thiophene rings is 1. The standard InChI is InChI=1S/C18H23N5O3S/c1-5-22(10-6-14-21-16(12(2)26-14)18(3,4)25)17(24)15-13(7-11-27-15)23-19-8-9-20-23/h7-9,11,25H,5-6,10H2,1-4H3. The number of amides is 1. The molecule has 0 saturated carbocycles. The van der Waals surface area contributed by atoms with Crippen LogP contribution in [0.3, 0.4) is 0 Å². The van der Waals surface area contributed by atoms with E-state index in [9.17, 15) is 9.90 Å². The maximum atomic E-state index is 13.0. The minimum atomic E-state index is -1.06. The van der Waals surface area contributed by atoms with Gasteiger partial charge in [-0.15, -0.1) is 16.1 Å². The van der Waals surface area contributed by atoms with Gasteiger partial charge in [-0.25, -0.2) is 4.98 Å². The molecule has 0 fully saturated rings. The van der Waals surface area contributed by atoms with E-state index < -0.39 is 5.60 Å². The predicted octanol–water partition coefficient (Wildman–Crippen LogP) is 2.56. The third kappa shape index (κ3) is 4.09. The van der Waals surface area contributed by atoms with E-state index in [1.807, 2.05) is 18.4 Å². The number of oxazole rings is 1. The molecule has 3 rings (SSSR count). The Balaban J connectivity index is 1.73.